The van der Waals surface area contributed by atoms with Crippen LogP contribution in [0.25, 0.3) is 10.9 Å². The lowest BCUT2D eigenvalue weighted by atomic mass is 9.97. The number of fused-ring (bicyclic) bond motifs is 1. The number of likely N-dealkylation sites (tertiary alicyclic amines) is 1. The highest BCUT2D eigenvalue weighted by atomic mass is 16.4. The summed E-state index contributed by atoms with van der Waals surface area (Å²) in [6.45, 7) is 1.03. The molecule has 5 heteroatoms. The number of piperidine rings is 1. The third-order valence-electron chi connectivity index (χ3n) is 4.37. The third kappa shape index (κ3) is 3.13. The molecule has 5 nitrogen and oxygen atoms in total. The van der Waals surface area contributed by atoms with Crippen molar-refractivity contribution in [1.82, 2.24) is 9.88 Å². The molecule has 1 saturated heterocycles. The van der Waals surface area contributed by atoms with Crippen LogP contribution in [-0.4, -0.2) is 40.0 Å². The molecule has 0 unspecified atom stereocenters. The van der Waals surface area contributed by atoms with Crippen LogP contribution in [0.3, 0.4) is 0 Å². The van der Waals surface area contributed by atoms with E-state index in [0.29, 0.717) is 32.4 Å². The molecule has 0 saturated carbocycles. The Kier molecular flexibility index (Phi) is 4.13. The molecule has 0 spiro atoms. The number of carbonyl (C=O) groups excluding carboxylic acids is 1. The summed E-state index contributed by atoms with van der Waals surface area (Å²) in [4.78, 5) is 28.2. The first-order chi connectivity index (χ1) is 10.6. The molecule has 1 amide bonds. The van der Waals surface area contributed by atoms with E-state index in [9.17, 15) is 9.59 Å². The minimum atomic E-state index is -0.796. The van der Waals surface area contributed by atoms with Gasteiger partial charge in [0, 0.05) is 31.2 Å². The average Bonchev–Trinajstić information content (AvgIpc) is 3.00. The molecule has 2 heterocycles. The van der Waals surface area contributed by atoms with Crippen molar-refractivity contribution in [2.75, 3.05) is 13.1 Å². The zero-order valence-corrected chi connectivity index (χ0v) is 12.4. The molecule has 0 radical (unpaired) electrons. The van der Waals surface area contributed by atoms with Gasteiger partial charge in [-0.15, -0.1) is 0 Å². The number of hydrogen-bond acceptors (Lipinski definition) is 2. The first-order valence-electron chi connectivity index (χ1n) is 7.70. The molecule has 0 bridgehead atoms. The molecule has 1 aromatic carbocycles. The molecule has 1 atom stereocenters. The topological polar surface area (TPSA) is 73.4 Å². The predicted molar refractivity (Wildman–Crippen MR) is 83.6 cm³/mol. The molecule has 2 aromatic rings. The van der Waals surface area contributed by atoms with Crippen LogP contribution in [0.1, 0.15) is 24.8 Å². The van der Waals surface area contributed by atoms with Crippen molar-refractivity contribution >= 4 is 22.8 Å². The number of aromatic amines is 1. The second-order valence-corrected chi connectivity index (χ2v) is 5.92. The summed E-state index contributed by atoms with van der Waals surface area (Å²) in [6.07, 6.45) is 4.47. The van der Waals surface area contributed by atoms with Gasteiger partial charge in [0.05, 0.1) is 5.92 Å². The summed E-state index contributed by atoms with van der Waals surface area (Å²) in [5.41, 5.74) is 2.22. The molecular formula is C17H20N2O3. The van der Waals surface area contributed by atoms with E-state index in [1.54, 1.807) is 4.90 Å². The number of rotatable bonds is 4. The summed E-state index contributed by atoms with van der Waals surface area (Å²) in [7, 11) is 0. The van der Waals surface area contributed by atoms with Crippen LogP contribution in [0.2, 0.25) is 0 Å². The van der Waals surface area contributed by atoms with Crippen molar-refractivity contribution in [2.45, 2.75) is 25.7 Å². The fraction of sp³-hybridized carbons (Fsp3) is 0.412. The van der Waals surface area contributed by atoms with Crippen LogP contribution in [0.5, 0.6) is 0 Å². The number of aromatic nitrogens is 1. The molecule has 1 aliphatic rings. The van der Waals surface area contributed by atoms with E-state index in [-0.39, 0.29) is 5.91 Å². The number of amides is 1. The maximum absolute atomic E-state index is 12.3. The van der Waals surface area contributed by atoms with Crippen molar-refractivity contribution in [1.29, 1.82) is 0 Å². The number of benzene rings is 1. The predicted octanol–water partition coefficient (Wildman–Crippen LogP) is 2.42. The Morgan fingerprint density at radius 1 is 1.32 bits per heavy atom. The molecule has 22 heavy (non-hydrogen) atoms. The first kappa shape index (κ1) is 14.6. The van der Waals surface area contributed by atoms with E-state index in [4.69, 9.17) is 5.11 Å². The minimum absolute atomic E-state index is 0.0557. The molecule has 1 fully saturated rings. The van der Waals surface area contributed by atoms with Gasteiger partial charge < -0.3 is 15.0 Å². The van der Waals surface area contributed by atoms with Gasteiger partial charge in [-0.2, -0.15) is 0 Å². The van der Waals surface area contributed by atoms with E-state index in [2.05, 4.69) is 11.1 Å². The van der Waals surface area contributed by atoms with Gasteiger partial charge >= 0.3 is 5.97 Å². The number of H-pyrrole nitrogens is 1. The van der Waals surface area contributed by atoms with E-state index in [0.717, 1.165) is 22.9 Å². The normalized spacial score (nSPS) is 18.5. The number of nitrogens with one attached hydrogen (secondary N) is 1. The molecule has 116 valence electrons. The van der Waals surface area contributed by atoms with Gasteiger partial charge in [-0.1, -0.05) is 6.07 Å². The van der Waals surface area contributed by atoms with Gasteiger partial charge in [0.1, 0.15) is 0 Å². The number of carbonyl (C=O) groups is 2. The molecule has 1 aromatic heterocycles. The molecule has 0 aliphatic carbocycles. The van der Waals surface area contributed by atoms with Crippen molar-refractivity contribution in [3.63, 3.8) is 0 Å². The molecular weight excluding hydrogens is 280 g/mol. The maximum atomic E-state index is 12.3. The lowest BCUT2D eigenvalue weighted by Gasteiger charge is -2.30. The van der Waals surface area contributed by atoms with Crippen LogP contribution < -0.4 is 0 Å². The smallest absolute Gasteiger partial charge is 0.308 e. The Balaban J connectivity index is 1.58. The van der Waals surface area contributed by atoms with E-state index in [1.165, 1.54) is 0 Å². The average molecular weight is 300 g/mol. The Morgan fingerprint density at radius 2 is 2.18 bits per heavy atom. The molecule has 3 rings (SSSR count). The molecule has 2 N–H and O–H groups in total. The number of carboxylic acids is 1. The quantitative estimate of drug-likeness (QED) is 0.910. The fourth-order valence-electron chi connectivity index (χ4n) is 3.07. The first-order valence-corrected chi connectivity index (χ1v) is 7.70. The second kappa shape index (κ2) is 6.22. The second-order valence-electron chi connectivity index (χ2n) is 5.92. The summed E-state index contributed by atoms with van der Waals surface area (Å²) in [6, 6.07) is 8.16. The van der Waals surface area contributed by atoms with Gasteiger partial charge in [-0.25, -0.2) is 0 Å². The van der Waals surface area contributed by atoms with E-state index >= 15 is 0 Å². The Morgan fingerprint density at radius 3 is 3.00 bits per heavy atom. The standard InChI is InChI=1S/C17H20N2O3/c20-16(19-9-1-2-14(11-19)17(21)22)6-4-12-3-5-15-13(10-12)7-8-18-15/h3,5,7-8,10,14,18H,1-2,4,6,9,11H2,(H,21,22)/t14-/m0/s1. The maximum Gasteiger partial charge on any atom is 0.308 e. The van der Waals surface area contributed by atoms with Crippen LogP contribution in [-0.2, 0) is 16.0 Å². The van der Waals surface area contributed by atoms with Gasteiger partial charge in [-0.05, 0) is 48.4 Å². The number of hydrogen-bond donors (Lipinski definition) is 2. The molecule has 1 aliphatic heterocycles. The zero-order chi connectivity index (χ0) is 15.5. The summed E-state index contributed by atoms with van der Waals surface area (Å²) in [5.74, 6) is -1.15. The van der Waals surface area contributed by atoms with Crippen molar-refractivity contribution in [3.8, 4) is 0 Å². The summed E-state index contributed by atoms with van der Waals surface area (Å²) < 4.78 is 0. The highest BCUT2D eigenvalue weighted by Crippen LogP contribution is 2.19. The number of aliphatic carboxylic acids is 1. The lowest BCUT2D eigenvalue weighted by Crippen LogP contribution is -2.42. The lowest BCUT2D eigenvalue weighted by molar-refractivity contribution is -0.145. The van der Waals surface area contributed by atoms with Crippen LogP contribution in [0.15, 0.2) is 30.5 Å². The number of nitrogens with zero attached hydrogens (tertiary/aromatic N) is 1. The van der Waals surface area contributed by atoms with E-state index in [1.807, 2.05) is 24.4 Å². The Bertz CT molecular complexity index is 692. The number of aryl methyl sites for hydroxylation is 1. The van der Waals surface area contributed by atoms with Gasteiger partial charge in [0.25, 0.3) is 0 Å². The van der Waals surface area contributed by atoms with Gasteiger partial charge in [0.15, 0.2) is 0 Å². The summed E-state index contributed by atoms with van der Waals surface area (Å²) in [5, 5.41) is 10.2. The highest BCUT2D eigenvalue weighted by molar-refractivity contribution is 5.81. The Labute approximate surface area is 128 Å². The van der Waals surface area contributed by atoms with Crippen LogP contribution in [0.4, 0.5) is 0 Å². The SMILES string of the molecule is O=C(O)[C@H]1CCCN(C(=O)CCc2ccc3[nH]ccc3c2)C1. The van der Waals surface area contributed by atoms with Gasteiger partial charge in [-0.3, -0.25) is 9.59 Å². The van der Waals surface area contributed by atoms with Crippen molar-refractivity contribution in [2.24, 2.45) is 5.92 Å². The van der Waals surface area contributed by atoms with Crippen molar-refractivity contribution in [3.05, 3.63) is 36.0 Å². The highest BCUT2D eigenvalue weighted by Gasteiger charge is 2.27. The van der Waals surface area contributed by atoms with Crippen molar-refractivity contribution < 1.29 is 14.7 Å². The largest absolute Gasteiger partial charge is 0.481 e. The fourth-order valence-corrected chi connectivity index (χ4v) is 3.07. The third-order valence-corrected chi connectivity index (χ3v) is 4.37. The number of carboxylic acid groups (broad SMARTS) is 1. The summed E-state index contributed by atoms with van der Waals surface area (Å²) >= 11 is 0. The van der Waals surface area contributed by atoms with Gasteiger partial charge in [0.2, 0.25) is 5.91 Å². The Hall–Kier alpha value is -2.30. The zero-order valence-electron chi connectivity index (χ0n) is 12.4. The van der Waals surface area contributed by atoms with Crippen LogP contribution >= 0.6 is 0 Å². The van der Waals surface area contributed by atoms with Crippen LogP contribution in [0, 0.1) is 5.92 Å². The monoisotopic (exact) mass is 300 g/mol. The van der Waals surface area contributed by atoms with E-state index < -0.39 is 11.9 Å². The minimum Gasteiger partial charge on any atom is -0.481 e.